The van der Waals surface area contributed by atoms with Gasteiger partial charge in [0.05, 0.1) is 4.91 Å². The van der Waals surface area contributed by atoms with Gasteiger partial charge in [-0.15, -0.1) is 0 Å². The number of nitrogens with zero attached hydrogens (tertiary/aromatic N) is 1. The van der Waals surface area contributed by atoms with Crippen molar-refractivity contribution in [3.05, 3.63) is 40.8 Å². The highest BCUT2D eigenvalue weighted by atomic mass is 32.2. The van der Waals surface area contributed by atoms with E-state index in [1.807, 2.05) is 44.2 Å². The number of benzene rings is 1. The lowest BCUT2D eigenvalue weighted by molar-refractivity contribution is -0.123. The molecule has 1 aliphatic heterocycles. The Labute approximate surface area is 104 Å². The average molecular weight is 247 g/mol. The van der Waals surface area contributed by atoms with Crippen LogP contribution in [0, 0.1) is 0 Å². The summed E-state index contributed by atoms with van der Waals surface area (Å²) in [7, 11) is 0. The van der Waals surface area contributed by atoms with Gasteiger partial charge in [-0.3, -0.25) is 14.5 Å². The molecule has 0 aliphatic carbocycles. The molecule has 0 aromatic heterocycles. The quantitative estimate of drug-likeness (QED) is 0.753. The van der Waals surface area contributed by atoms with Crippen molar-refractivity contribution in [2.24, 2.45) is 0 Å². The molecule has 1 aromatic rings. The molecular formula is C13H13NO2S. The molecule has 3 nitrogen and oxygen atoms in total. The zero-order chi connectivity index (χ0) is 12.4. The molecule has 1 fully saturated rings. The van der Waals surface area contributed by atoms with Crippen molar-refractivity contribution in [2.75, 3.05) is 0 Å². The lowest BCUT2D eigenvalue weighted by atomic mass is 10.2. The van der Waals surface area contributed by atoms with Gasteiger partial charge in [0, 0.05) is 6.04 Å². The normalized spacial score (nSPS) is 18.5. The Morgan fingerprint density at radius 1 is 1.18 bits per heavy atom. The monoisotopic (exact) mass is 247 g/mol. The van der Waals surface area contributed by atoms with Crippen LogP contribution in [0.1, 0.15) is 19.4 Å². The van der Waals surface area contributed by atoms with Crippen LogP contribution < -0.4 is 0 Å². The van der Waals surface area contributed by atoms with E-state index in [0.29, 0.717) is 4.91 Å². The van der Waals surface area contributed by atoms with E-state index in [-0.39, 0.29) is 17.2 Å². The van der Waals surface area contributed by atoms with Gasteiger partial charge in [0.2, 0.25) is 0 Å². The molecule has 4 heteroatoms. The average Bonchev–Trinajstić information content (AvgIpc) is 2.55. The molecule has 1 heterocycles. The number of thioether (sulfide) groups is 1. The van der Waals surface area contributed by atoms with Gasteiger partial charge >= 0.3 is 0 Å². The molecule has 0 bridgehead atoms. The van der Waals surface area contributed by atoms with E-state index in [4.69, 9.17) is 0 Å². The molecular weight excluding hydrogens is 234 g/mol. The smallest absolute Gasteiger partial charge is 0.268 e. The fourth-order valence-corrected chi connectivity index (χ4v) is 2.59. The fourth-order valence-electron chi connectivity index (χ4n) is 1.63. The van der Waals surface area contributed by atoms with E-state index < -0.39 is 0 Å². The van der Waals surface area contributed by atoms with Crippen LogP contribution in [-0.2, 0) is 4.79 Å². The number of imide groups is 1. The fraction of sp³-hybridized carbons (Fsp3) is 0.231. The summed E-state index contributed by atoms with van der Waals surface area (Å²) in [5, 5.41) is -0.188. The first-order chi connectivity index (χ1) is 8.09. The Kier molecular flexibility index (Phi) is 3.33. The molecule has 0 radical (unpaired) electrons. The van der Waals surface area contributed by atoms with Crippen LogP contribution >= 0.6 is 11.8 Å². The molecule has 0 saturated carbocycles. The van der Waals surface area contributed by atoms with Gasteiger partial charge in [0.25, 0.3) is 11.1 Å². The van der Waals surface area contributed by atoms with Crippen molar-refractivity contribution < 1.29 is 9.59 Å². The summed E-state index contributed by atoms with van der Waals surface area (Å²) in [4.78, 5) is 25.4. The molecule has 1 saturated heterocycles. The zero-order valence-electron chi connectivity index (χ0n) is 9.71. The van der Waals surface area contributed by atoms with Crippen molar-refractivity contribution in [2.45, 2.75) is 19.9 Å². The number of amides is 2. The SMILES string of the molecule is CC(C)N1C(=O)S/C(=C\c2ccccc2)C1=O. The van der Waals surface area contributed by atoms with Crippen molar-refractivity contribution in [3.8, 4) is 0 Å². The minimum Gasteiger partial charge on any atom is -0.268 e. The van der Waals surface area contributed by atoms with Gasteiger partial charge in [-0.05, 0) is 37.2 Å². The van der Waals surface area contributed by atoms with Crippen LogP contribution in [0.4, 0.5) is 4.79 Å². The van der Waals surface area contributed by atoms with E-state index in [1.165, 1.54) is 4.90 Å². The topological polar surface area (TPSA) is 37.4 Å². The van der Waals surface area contributed by atoms with Gasteiger partial charge in [0.15, 0.2) is 0 Å². The number of hydrogen-bond donors (Lipinski definition) is 0. The van der Waals surface area contributed by atoms with E-state index >= 15 is 0 Å². The molecule has 17 heavy (non-hydrogen) atoms. The van der Waals surface area contributed by atoms with Crippen LogP contribution in [0.3, 0.4) is 0 Å². The highest BCUT2D eigenvalue weighted by Crippen LogP contribution is 2.33. The second kappa shape index (κ2) is 4.75. The predicted octanol–water partition coefficient (Wildman–Crippen LogP) is 3.13. The predicted molar refractivity (Wildman–Crippen MR) is 69.4 cm³/mol. The summed E-state index contributed by atoms with van der Waals surface area (Å²) >= 11 is 1.00. The maximum absolute atomic E-state index is 12.0. The Hall–Kier alpha value is -1.55. The van der Waals surface area contributed by atoms with Gasteiger partial charge in [-0.25, -0.2) is 0 Å². The van der Waals surface area contributed by atoms with Crippen LogP contribution in [-0.4, -0.2) is 22.1 Å². The molecule has 0 N–H and O–H groups in total. The van der Waals surface area contributed by atoms with Crippen molar-refractivity contribution >= 4 is 29.0 Å². The molecule has 0 spiro atoms. The van der Waals surface area contributed by atoms with Gasteiger partial charge in [-0.1, -0.05) is 30.3 Å². The zero-order valence-corrected chi connectivity index (χ0v) is 10.5. The van der Waals surface area contributed by atoms with Crippen LogP contribution in [0.5, 0.6) is 0 Å². The number of hydrogen-bond acceptors (Lipinski definition) is 3. The molecule has 2 amide bonds. The number of rotatable bonds is 2. The highest BCUT2D eigenvalue weighted by Gasteiger charge is 2.36. The Morgan fingerprint density at radius 2 is 1.82 bits per heavy atom. The minimum absolute atomic E-state index is 0.0934. The largest absolute Gasteiger partial charge is 0.293 e. The van der Waals surface area contributed by atoms with E-state index in [2.05, 4.69) is 0 Å². The van der Waals surface area contributed by atoms with E-state index in [1.54, 1.807) is 6.08 Å². The summed E-state index contributed by atoms with van der Waals surface area (Å²) in [6.07, 6.45) is 1.76. The first-order valence-corrected chi connectivity index (χ1v) is 6.23. The number of carbonyl (C=O) groups excluding carboxylic acids is 2. The van der Waals surface area contributed by atoms with Crippen molar-refractivity contribution in [1.29, 1.82) is 0 Å². The van der Waals surface area contributed by atoms with Crippen molar-refractivity contribution in [3.63, 3.8) is 0 Å². The Bertz CT molecular complexity index is 479. The summed E-state index contributed by atoms with van der Waals surface area (Å²) in [5.74, 6) is -0.196. The molecule has 2 rings (SSSR count). The lowest BCUT2D eigenvalue weighted by Crippen LogP contribution is -2.34. The summed E-state index contributed by atoms with van der Waals surface area (Å²) < 4.78 is 0. The highest BCUT2D eigenvalue weighted by molar-refractivity contribution is 8.18. The molecule has 0 atom stereocenters. The summed E-state index contributed by atoms with van der Waals surface area (Å²) in [6, 6.07) is 9.44. The van der Waals surface area contributed by atoms with Crippen LogP contribution in [0.2, 0.25) is 0 Å². The van der Waals surface area contributed by atoms with Crippen molar-refractivity contribution in [1.82, 2.24) is 4.90 Å². The molecule has 1 aliphatic rings. The third-order valence-corrected chi connectivity index (χ3v) is 3.32. The van der Waals surface area contributed by atoms with E-state index in [0.717, 1.165) is 17.3 Å². The molecule has 0 unspecified atom stereocenters. The summed E-state index contributed by atoms with van der Waals surface area (Å²) in [5.41, 5.74) is 0.932. The van der Waals surface area contributed by atoms with Gasteiger partial charge in [0.1, 0.15) is 0 Å². The maximum Gasteiger partial charge on any atom is 0.293 e. The first kappa shape index (κ1) is 11.9. The minimum atomic E-state index is -0.196. The summed E-state index contributed by atoms with van der Waals surface area (Å²) in [6.45, 7) is 3.67. The molecule has 88 valence electrons. The first-order valence-electron chi connectivity index (χ1n) is 5.41. The Morgan fingerprint density at radius 3 is 2.35 bits per heavy atom. The van der Waals surface area contributed by atoms with Crippen LogP contribution in [0.25, 0.3) is 6.08 Å². The van der Waals surface area contributed by atoms with E-state index in [9.17, 15) is 9.59 Å². The Balaban J connectivity index is 2.28. The number of carbonyl (C=O) groups is 2. The second-order valence-electron chi connectivity index (χ2n) is 4.06. The lowest BCUT2D eigenvalue weighted by Gasteiger charge is -2.16. The third kappa shape index (κ3) is 2.42. The second-order valence-corrected chi connectivity index (χ2v) is 5.05. The maximum atomic E-state index is 12.0. The standard InChI is InChI=1S/C13H13NO2S/c1-9(2)14-12(15)11(17-13(14)16)8-10-6-4-3-5-7-10/h3-9H,1-2H3/b11-8-. The van der Waals surface area contributed by atoms with Gasteiger partial charge in [-0.2, -0.15) is 0 Å². The molecule has 1 aromatic carbocycles. The third-order valence-electron chi connectivity index (χ3n) is 2.44. The van der Waals surface area contributed by atoms with Crippen LogP contribution in [0.15, 0.2) is 35.2 Å². The van der Waals surface area contributed by atoms with Gasteiger partial charge < -0.3 is 0 Å².